The molecule has 6 heteroatoms. The van der Waals surface area contributed by atoms with Crippen molar-refractivity contribution in [3.8, 4) is 11.5 Å². The molecule has 0 radical (unpaired) electrons. The van der Waals surface area contributed by atoms with Gasteiger partial charge in [0.1, 0.15) is 0 Å². The van der Waals surface area contributed by atoms with Crippen LogP contribution in [0.5, 0.6) is 11.5 Å². The van der Waals surface area contributed by atoms with Crippen LogP contribution in [0, 0.1) is 5.92 Å². The van der Waals surface area contributed by atoms with E-state index in [4.69, 9.17) is 9.47 Å². The van der Waals surface area contributed by atoms with Gasteiger partial charge in [-0.05, 0) is 49.8 Å². The number of phenolic OH excluding ortho intramolecular Hbond substituents is 1. The summed E-state index contributed by atoms with van der Waals surface area (Å²) in [5.41, 5.74) is 0.588. The van der Waals surface area contributed by atoms with Crippen LogP contribution in [0.15, 0.2) is 18.2 Å². The van der Waals surface area contributed by atoms with Crippen molar-refractivity contribution >= 4 is 5.91 Å². The molecule has 4 fully saturated rings. The zero-order valence-electron chi connectivity index (χ0n) is 15.4. The standard InChI is InChI=1S/C20H28N2O4/c1-25-19-10-15(3-5-18(19)23)20(24)22-12-14-2-4-17(22)13-21(11-14)16-6-8-26-9-7-16/h3,5,10,14,16-17,23H,2,4,6-9,11-13H2,1H3/t14-,17+/m0/s1. The van der Waals surface area contributed by atoms with E-state index < -0.39 is 0 Å². The van der Waals surface area contributed by atoms with Gasteiger partial charge in [0.15, 0.2) is 11.5 Å². The lowest BCUT2D eigenvalue weighted by molar-refractivity contribution is 0.0304. The molecule has 4 aliphatic rings. The fraction of sp³-hybridized carbons (Fsp3) is 0.650. The van der Waals surface area contributed by atoms with Crippen LogP contribution in [0.3, 0.4) is 0 Å². The lowest BCUT2D eigenvalue weighted by Crippen LogP contribution is -2.48. The number of carbonyl (C=O) groups excluding carboxylic acids is 1. The Morgan fingerprint density at radius 2 is 1.92 bits per heavy atom. The van der Waals surface area contributed by atoms with Gasteiger partial charge in [-0.2, -0.15) is 0 Å². The van der Waals surface area contributed by atoms with Crippen molar-refractivity contribution in [2.24, 2.45) is 5.92 Å². The number of benzene rings is 1. The Morgan fingerprint density at radius 3 is 2.69 bits per heavy atom. The summed E-state index contributed by atoms with van der Waals surface area (Å²) in [7, 11) is 1.50. The maximum atomic E-state index is 13.2. The third kappa shape index (κ3) is 3.40. The number of amides is 1. The number of carbonyl (C=O) groups is 1. The molecule has 1 aromatic carbocycles. The average Bonchev–Trinajstić information content (AvgIpc) is 3.00. The van der Waals surface area contributed by atoms with Gasteiger partial charge in [-0.25, -0.2) is 0 Å². The molecule has 0 aromatic heterocycles. The summed E-state index contributed by atoms with van der Waals surface area (Å²) in [6, 6.07) is 5.73. The topological polar surface area (TPSA) is 62.2 Å². The van der Waals surface area contributed by atoms with Gasteiger partial charge in [0.25, 0.3) is 5.91 Å². The molecule has 4 heterocycles. The SMILES string of the molecule is COc1cc(C(=O)N2C[C@H]3CC[C@@H]2CN(C2CCOCC2)C3)ccc1O. The Hall–Kier alpha value is -1.79. The molecule has 4 saturated heterocycles. The monoisotopic (exact) mass is 360 g/mol. The Bertz CT molecular complexity index is 659. The first-order valence-corrected chi connectivity index (χ1v) is 9.65. The van der Waals surface area contributed by atoms with E-state index in [0.717, 1.165) is 52.1 Å². The fourth-order valence-corrected chi connectivity index (χ4v) is 4.69. The summed E-state index contributed by atoms with van der Waals surface area (Å²) in [6.45, 7) is 4.58. The minimum absolute atomic E-state index is 0.0480. The number of methoxy groups -OCH3 is 1. The van der Waals surface area contributed by atoms with E-state index >= 15 is 0 Å². The summed E-state index contributed by atoms with van der Waals surface area (Å²) >= 11 is 0. The van der Waals surface area contributed by atoms with Crippen LogP contribution < -0.4 is 4.74 Å². The second-order valence-electron chi connectivity index (χ2n) is 7.74. The predicted octanol–water partition coefficient (Wildman–Crippen LogP) is 2.12. The fourth-order valence-electron chi connectivity index (χ4n) is 4.69. The van der Waals surface area contributed by atoms with Crippen molar-refractivity contribution in [1.29, 1.82) is 0 Å². The highest BCUT2D eigenvalue weighted by Gasteiger charge is 2.39. The molecule has 142 valence electrons. The van der Waals surface area contributed by atoms with Crippen LogP contribution in [-0.4, -0.2) is 72.9 Å². The largest absolute Gasteiger partial charge is 0.504 e. The lowest BCUT2D eigenvalue weighted by Gasteiger charge is -2.37. The maximum Gasteiger partial charge on any atom is 0.254 e. The van der Waals surface area contributed by atoms with E-state index in [1.165, 1.54) is 19.6 Å². The molecular weight excluding hydrogens is 332 g/mol. The Morgan fingerprint density at radius 1 is 1.12 bits per heavy atom. The molecule has 1 N–H and O–H groups in total. The number of rotatable bonds is 3. The molecule has 5 rings (SSSR count). The minimum atomic E-state index is 0.0480. The molecule has 1 aromatic rings. The van der Waals surface area contributed by atoms with Gasteiger partial charge < -0.3 is 19.5 Å². The average molecular weight is 360 g/mol. The van der Waals surface area contributed by atoms with Crippen molar-refractivity contribution < 1.29 is 19.4 Å². The zero-order chi connectivity index (χ0) is 18.1. The third-order valence-electron chi connectivity index (χ3n) is 6.14. The quantitative estimate of drug-likeness (QED) is 0.895. The smallest absolute Gasteiger partial charge is 0.254 e. The summed E-state index contributed by atoms with van der Waals surface area (Å²) in [5.74, 6) is 0.998. The maximum absolute atomic E-state index is 13.2. The highest BCUT2D eigenvalue weighted by atomic mass is 16.5. The Kier molecular flexibility index (Phi) is 5.05. The summed E-state index contributed by atoms with van der Waals surface area (Å²) in [5, 5.41) is 9.79. The van der Waals surface area contributed by atoms with Crippen molar-refractivity contribution in [2.45, 2.75) is 37.8 Å². The van der Waals surface area contributed by atoms with Gasteiger partial charge in [0.05, 0.1) is 7.11 Å². The van der Waals surface area contributed by atoms with Crippen LogP contribution >= 0.6 is 0 Å². The number of hydrogen-bond donors (Lipinski definition) is 1. The Labute approximate surface area is 154 Å². The lowest BCUT2D eigenvalue weighted by atomic mass is 9.94. The zero-order valence-corrected chi connectivity index (χ0v) is 15.4. The van der Waals surface area contributed by atoms with Crippen molar-refractivity contribution in [3.63, 3.8) is 0 Å². The summed E-state index contributed by atoms with van der Waals surface area (Å²) < 4.78 is 10.7. The van der Waals surface area contributed by atoms with E-state index in [2.05, 4.69) is 9.80 Å². The molecule has 0 aliphatic carbocycles. The van der Waals surface area contributed by atoms with Gasteiger partial charge in [0, 0.05) is 50.5 Å². The van der Waals surface area contributed by atoms with Crippen LogP contribution in [0.1, 0.15) is 36.0 Å². The Balaban J connectivity index is 1.51. The van der Waals surface area contributed by atoms with Crippen LogP contribution in [0.2, 0.25) is 0 Å². The normalized spacial score (nSPS) is 27.3. The number of piperidine rings is 1. The number of aromatic hydroxyl groups is 1. The number of hydrogen-bond acceptors (Lipinski definition) is 5. The predicted molar refractivity (Wildman–Crippen MR) is 97.6 cm³/mol. The second kappa shape index (κ2) is 7.45. The number of phenols is 1. The molecule has 4 aliphatic heterocycles. The van der Waals surface area contributed by atoms with Gasteiger partial charge in [0.2, 0.25) is 0 Å². The molecule has 2 bridgehead atoms. The van der Waals surface area contributed by atoms with Gasteiger partial charge >= 0.3 is 0 Å². The molecule has 0 spiro atoms. The second-order valence-corrected chi connectivity index (χ2v) is 7.74. The van der Waals surface area contributed by atoms with E-state index in [1.54, 1.807) is 12.1 Å². The molecule has 6 nitrogen and oxygen atoms in total. The molecule has 0 saturated carbocycles. The molecule has 26 heavy (non-hydrogen) atoms. The van der Waals surface area contributed by atoms with Crippen LogP contribution in [-0.2, 0) is 4.74 Å². The number of fused-ring (bicyclic) bond motifs is 4. The molecule has 2 atom stereocenters. The van der Waals surface area contributed by atoms with Crippen molar-refractivity contribution in [2.75, 3.05) is 40.0 Å². The third-order valence-corrected chi connectivity index (χ3v) is 6.14. The summed E-state index contributed by atoms with van der Waals surface area (Å²) in [4.78, 5) is 17.8. The first-order valence-electron chi connectivity index (χ1n) is 9.65. The highest BCUT2D eigenvalue weighted by Crippen LogP contribution is 2.33. The van der Waals surface area contributed by atoms with Gasteiger partial charge in [-0.1, -0.05) is 0 Å². The van der Waals surface area contributed by atoms with Crippen molar-refractivity contribution in [3.05, 3.63) is 23.8 Å². The first kappa shape index (κ1) is 17.6. The van der Waals surface area contributed by atoms with Gasteiger partial charge in [-0.15, -0.1) is 0 Å². The minimum Gasteiger partial charge on any atom is -0.504 e. The number of ether oxygens (including phenoxy) is 2. The first-order chi connectivity index (χ1) is 12.7. The van der Waals surface area contributed by atoms with Crippen LogP contribution in [0.25, 0.3) is 0 Å². The van der Waals surface area contributed by atoms with Crippen molar-refractivity contribution in [1.82, 2.24) is 9.80 Å². The van der Waals surface area contributed by atoms with E-state index in [1.807, 2.05) is 0 Å². The van der Waals surface area contributed by atoms with E-state index in [-0.39, 0.29) is 17.7 Å². The van der Waals surface area contributed by atoms with Gasteiger partial charge in [-0.3, -0.25) is 9.69 Å². The van der Waals surface area contributed by atoms with E-state index in [0.29, 0.717) is 23.3 Å². The molecule has 1 amide bonds. The highest BCUT2D eigenvalue weighted by molar-refractivity contribution is 5.95. The number of nitrogens with zero attached hydrogens (tertiary/aromatic N) is 2. The van der Waals surface area contributed by atoms with E-state index in [9.17, 15) is 9.90 Å². The summed E-state index contributed by atoms with van der Waals surface area (Å²) in [6.07, 6.45) is 4.48. The molecular formula is C20H28N2O4. The molecule has 0 unspecified atom stereocenters. The van der Waals surface area contributed by atoms with Crippen LogP contribution in [0.4, 0.5) is 0 Å².